The molecule has 1 atom stereocenters. The Bertz CT molecular complexity index is 780. The molecule has 25 heavy (non-hydrogen) atoms. The van der Waals surface area contributed by atoms with Crippen molar-refractivity contribution in [3.63, 3.8) is 0 Å². The summed E-state index contributed by atoms with van der Waals surface area (Å²) in [6.45, 7) is 0.815. The van der Waals surface area contributed by atoms with Gasteiger partial charge in [-0.15, -0.1) is 0 Å². The SMILES string of the molecule is O=C(Nc1cc(F)ccc1F)[C@H]1CC(=O)N(CCc2ccccc2)C1. The summed E-state index contributed by atoms with van der Waals surface area (Å²) in [5.41, 5.74) is 0.908. The lowest BCUT2D eigenvalue weighted by atomic mass is 10.1. The first-order chi connectivity index (χ1) is 12.0. The number of amides is 2. The van der Waals surface area contributed by atoms with Gasteiger partial charge in [0.2, 0.25) is 11.8 Å². The Hall–Kier alpha value is -2.76. The average Bonchev–Trinajstić information content (AvgIpc) is 2.98. The van der Waals surface area contributed by atoms with Crippen molar-refractivity contribution in [2.45, 2.75) is 12.8 Å². The maximum Gasteiger partial charge on any atom is 0.229 e. The number of hydrogen-bond donors (Lipinski definition) is 1. The van der Waals surface area contributed by atoms with Crippen LogP contribution in [0.15, 0.2) is 48.5 Å². The summed E-state index contributed by atoms with van der Waals surface area (Å²) in [6, 6.07) is 12.6. The van der Waals surface area contributed by atoms with E-state index >= 15 is 0 Å². The summed E-state index contributed by atoms with van der Waals surface area (Å²) in [4.78, 5) is 26.0. The number of rotatable bonds is 5. The second-order valence-electron chi connectivity index (χ2n) is 6.09. The molecule has 0 saturated carbocycles. The van der Waals surface area contributed by atoms with Crippen molar-refractivity contribution in [1.29, 1.82) is 0 Å². The van der Waals surface area contributed by atoms with Crippen LogP contribution in [0.25, 0.3) is 0 Å². The molecule has 3 rings (SSSR count). The van der Waals surface area contributed by atoms with Gasteiger partial charge in [-0.2, -0.15) is 0 Å². The number of likely N-dealkylation sites (tertiary alicyclic amines) is 1. The fraction of sp³-hybridized carbons (Fsp3) is 0.263. The van der Waals surface area contributed by atoms with Gasteiger partial charge in [-0.25, -0.2) is 8.78 Å². The van der Waals surface area contributed by atoms with Crippen LogP contribution in [0.5, 0.6) is 0 Å². The highest BCUT2D eigenvalue weighted by Crippen LogP contribution is 2.22. The summed E-state index contributed by atoms with van der Waals surface area (Å²) in [7, 11) is 0. The van der Waals surface area contributed by atoms with E-state index in [9.17, 15) is 18.4 Å². The zero-order valence-corrected chi connectivity index (χ0v) is 13.5. The van der Waals surface area contributed by atoms with Crippen molar-refractivity contribution in [3.8, 4) is 0 Å². The minimum Gasteiger partial charge on any atom is -0.342 e. The van der Waals surface area contributed by atoms with E-state index in [1.54, 1.807) is 4.90 Å². The largest absolute Gasteiger partial charge is 0.342 e. The average molecular weight is 344 g/mol. The van der Waals surface area contributed by atoms with Crippen molar-refractivity contribution in [1.82, 2.24) is 4.90 Å². The molecule has 0 radical (unpaired) electrons. The molecule has 2 aromatic rings. The molecular formula is C19H18F2N2O2. The number of halogens is 2. The Morgan fingerprint density at radius 1 is 1.16 bits per heavy atom. The van der Waals surface area contributed by atoms with Crippen molar-refractivity contribution >= 4 is 17.5 Å². The number of anilines is 1. The summed E-state index contributed by atoms with van der Waals surface area (Å²) < 4.78 is 26.8. The van der Waals surface area contributed by atoms with E-state index < -0.39 is 23.5 Å². The Balaban J connectivity index is 1.58. The van der Waals surface area contributed by atoms with Crippen LogP contribution in [0.3, 0.4) is 0 Å². The van der Waals surface area contributed by atoms with E-state index in [2.05, 4.69) is 5.32 Å². The molecule has 0 spiro atoms. The molecule has 0 aliphatic carbocycles. The van der Waals surface area contributed by atoms with Crippen molar-refractivity contribution in [2.75, 3.05) is 18.4 Å². The van der Waals surface area contributed by atoms with E-state index in [0.29, 0.717) is 13.0 Å². The normalized spacial score (nSPS) is 17.0. The van der Waals surface area contributed by atoms with Crippen LogP contribution >= 0.6 is 0 Å². The van der Waals surface area contributed by atoms with Gasteiger partial charge in [-0.05, 0) is 24.1 Å². The molecule has 0 unspecified atom stereocenters. The second kappa shape index (κ2) is 7.42. The monoisotopic (exact) mass is 344 g/mol. The Morgan fingerprint density at radius 2 is 1.92 bits per heavy atom. The van der Waals surface area contributed by atoms with Gasteiger partial charge in [0.25, 0.3) is 0 Å². The van der Waals surface area contributed by atoms with E-state index in [1.165, 1.54) is 0 Å². The standard InChI is InChI=1S/C19H18F2N2O2/c20-15-6-7-16(21)17(11-15)22-19(25)14-10-18(24)23(12-14)9-8-13-4-2-1-3-5-13/h1-7,11,14H,8-10,12H2,(H,22,25)/t14-/m0/s1. The summed E-state index contributed by atoms with van der Waals surface area (Å²) in [5.74, 6) is -2.48. The predicted molar refractivity (Wildman–Crippen MR) is 89.8 cm³/mol. The van der Waals surface area contributed by atoms with Gasteiger partial charge in [0, 0.05) is 25.6 Å². The molecule has 2 amide bonds. The Morgan fingerprint density at radius 3 is 2.68 bits per heavy atom. The van der Waals surface area contributed by atoms with Gasteiger partial charge in [-0.1, -0.05) is 30.3 Å². The maximum absolute atomic E-state index is 13.6. The van der Waals surface area contributed by atoms with Crippen LogP contribution in [0.4, 0.5) is 14.5 Å². The number of nitrogens with zero attached hydrogens (tertiary/aromatic N) is 1. The third-order valence-electron chi connectivity index (χ3n) is 4.28. The summed E-state index contributed by atoms with van der Waals surface area (Å²) in [6.07, 6.45) is 0.789. The molecule has 4 nitrogen and oxygen atoms in total. The highest BCUT2D eigenvalue weighted by Gasteiger charge is 2.34. The van der Waals surface area contributed by atoms with Crippen LogP contribution in [-0.4, -0.2) is 29.8 Å². The topological polar surface area (TPSA) is 49.4 Å². The molecule has 1 aliphatic heterocycles. The van der Waals surface area contributed by atoms with Crippen molar-refractivity contribution in [2.24, 2.45) is 5.92 Å². The molecule has 1 N–H and O–H groups in total. The number of hydrogen-bond acceptors (Lipinski definition) is 2. The third-order valence-corrected chi connectivity index (χ3v) is 4.28. The van der Waals surface area contributed by atoms with Crippen LogP contribution < -0.4 is 5.32 Å². The number of nitrogens with one attached hydrogen (secondary N) is 1. The van der Waals surface area contributed by atoms with Gasteiger partial charge in [0.15, 0.2) is 0 Å². The zero-order chi connectivity index (χ0) is 17.8. The van der Waals surface area contributed by atoms with Gasteiger partial charge in [-0.3, -0.25) is 9.59 Å². The highest BCUT2D eigenvalue weighted by atomic mass is 19.1. The van der Waals surface area contributed by atoms with Crippen LogP contribution in [0, 0.1) is 17.6 Å². The minimum atomic E-state index is -0.708. The molecule has 0 bridgehead atoms. The smallest absolute Gasteiger partial charge is 0.229 e. The van der Waals surface area contributed by atoms with Crippen molar-refractivity contribution in [3.05, 3.63) is 65.7 Å². The summed E-state index contributed by atoms with van der Waals surface area (Å²) in [5, 5.41) is 2.38. The fourth-order valence-corrected chi connectivity index (χ4v) is 2.90. The number of carbonyl (C=O) groups excluding carboxylic acids is 2. The first-order valence-electron chi connectivity index (χ1n) is 8.10. The maximum atomic E-state index is 13.6. The molecule has 0 aromatic heterocycles. The Kier molecular flexibility index (Phi) is 5.07. The summed E-state index contributed by atoms with van der Waals surface area (Å²) >= 11 is 0. The minimum absolute atomic E-state index is 0.0809. The lowest BCUT2D eigenvalue weighted by molar-refractivity contribution is -0.128. The third kappa shape index (κ3) is 4.21. The van der Waals surface area contributed by atoms with E-state index in [-0.39, 0.29) is 24.6 Å². The van der Waals surface area contributed by atoms with E-state index in [4.69, 9.17) is 0 Å². The molecule has 130 valence electrons. The predicted octanol–water partition coefficient (Wildman–Crippen LogP) is 2.99. The lowest BCUT2D eigenvalue weighted by Gasteiger charge is -2.16. The van der Waals surface area contributed by atoms with Crippen molar-refractivity contribution < 1.29 is 18.4 Å². The van der Waals surface area contributed by atoms with E-state index in [0.717, 1.165) is 23.8 Å². The molecule has 1 heterocycles. The second-order valence-corrected chi connectivity index (χ2v) is 6.09. The Labute approximate surface area is 144 Å². The zero-order valence-electron chi connectivity index (χ0n) is 13.5. The first kappa shape index (κ1) is 17.1. The van der Waals surface area contributed by atoms with Gasteiger partial charge in [0.1, 0.15) is 11.6 Å². The molecule has 1 aliphatic rings. The molecule has 2 aromatic carbocycles. The van der Waals surface area contributed by atoms with Crippen LogP contribution in [0.2, 0.25) is 0 Å². The van der Waals surface area contributed by atoms with Crippen LogP contribution in [-0.2, 0) is 16.0 Å². The first-order valence-corrected chi connectivity index (χ1v) is 8.10. The van der Waals surface area contributed by atoms with Crippen LogP contribution in [0.1, 0.15) is 12.0 Å². The van der Waals surface area contributed by atoms with Gasteiger partial charge < -0.3 is 10.2 Å². The van der Waals surface area contributed by atoms with E-state index in [1.807, 2.05) is 30.3 Å². The molecular weight excluding hydrogens is 326 g/mol. The molecule has 1 saturated heterocycles. The highest BCUT2D eigenvalue weighted by molar-refractivity contribution is 5.97. The quantitative estimate of drug-likeness (QED) is 0.906. The number of benzene rings is 2. The molecule has 1 fully saturated rings. The molecule has 6 heteroatoms. The lowest BCUT2D eigenvalue weighted by Crippen LogP contribution is -2.30. The number of carbonyl (C=O) groups is 2. The van der Waals surface area contributed by atoms with Gasteiger partial charge in [0.05, 0.1) is 11.6 Å². The van der Waals surface area contributed by atoms with Gasteiger partial charge >= 0.3 is 0 Å². The fourth-order valence-electron chi connectivity index (χ4n) is 2.90.